The molecule has 0 bridgehead atoms. The van der Waals surface area contributed by atoms with E-state index in [2.05, 4.69) is 167 Å². The molecule has 2 heterocycles. The number of benzene rings is 7. The van der Waals surface area contributed by atoms with E-state index in [0.717, 1.165) is 17.1 Å². The van der Waals surface area contributed by atoms with Gasteiger partial charge in [-0.15, -0.1) is 11.3 Å². The molecule has 3 heteroatoms. The summed E-state index contributed by atoms with van der Waals surface area (Å²) in [5.41, 5.74) is 7.11. The first-order chi connectivity index (χ1) is 21.3. The van der Waals surface area contributed by atoms with Crippen LogP contribution in [0.2, 0.25) is 0 Å². The molecule has 9 rings (SSSR count). The Labute approximate surface area is 253 Å². The molecule has 0 atom stereocenters. The molecule has 0 aliphatic rings. The fourth-order valence-corrected chi connectivity index (χ4v) is 7.69. The van der Waals surface area contributed by atoms with Gasteiger partial charge < -0.3 is 9.47 Å². The van der Waals surface area contributed by atoms with E-state index in [-0.39, 0.29) is 0 Å². The predicted molar refractivity (Wildman–Crippen MR) is 186 cm³/mol. The van der Waals surface area contributed by atoms with E-state index < -0.39 is 0 Å². The van der Waals surface area contributed by atoms with Crippen LogP contribution in [0, 0.1) is 0 Å². The van der Waals surface area contributed by atoms with Crippen LogP contribution in [-0.4, -0.2) is 4.57 Å². The van der Waals surface area contributed by atoms with Crippen LogP contribution in [-0.2, 0) is 0 Å². The topological polar surface area (TPSA) is 8.17 Å². The second-order valence-corrected chi connectivity index (χ2v) is 12.1. The number of aromatic nitrogens is 1. The summed E-state index contributed by atoms with van der Waals surface area (Å²) in [5.74, 6) is 0. The zero-order valence-corrected chi connectivity index (χ0v) is 24.1. The lowest BCUT2D eigenvalue weighted by Crippen LogP contribution is -2.09. The third-order valence-electron chi connectivity index (χ3n) is 8.54. The van der Waals surface area contributed by atoms with Crippen molar-refractivity contribution in [2.24, 2.45) is 0 Å². The third kappa shape index (κ3) is 3.86. The standard InChI is InChI=1S/C40H26N2S/c1-2-12-29(13-3-1)41(30-19-18-27-10-4-5-11-28(27)24-30)31-21-23-39-36(25-31)35-22-20-32(26-40(35)43-39)42-37-16-8-6-14-33(37)34-15-7-9-17-38(34)42/h1-26H. The lowest BCUT2D eigenvalue weighted by molar-refractivity contribution is 1.19. The lowest BCUT2D eigenvalue weighted by atomic mass is 10.1. The molecule has 0 aliphatic heterocycles. The number of fused-ring (bicyclic) bond motifs is 7. The smallest absolute Gasteiger partial charge is 0.0541 e. The van der Waals surface area contributed by atoms with Gasteiger partial charge >= 0.3 is 0 Å². The zero-order valence-electron chi connectivity index (χ0n) is 23.3. The average Bonchev–Trinajstić information content (AvgIpc) is 3.60. The van der Waals surface area contributed by atoms with Crippen molar-refractivity contribution in [3.05, 3.63) is 158 Å². The highest BCUT2D eigenvalue weighted by molar-refractivity contribution is 7.25. The van der Waals surface area contributed by atoms with Gasteiger partial charge in [0.1, 0.15) is 0 Å². The molecule has 0 N–H and O–H groups in total. The van der Waals surface area contributed by atoms with Crippen molar-refractivity contribution in [1.82, 2.24) is 4.57 Å². The molecule has 0 spiro atoms. The largest absolute Gasteiger partial charge is 0.310 e. The minimum atomic E-state index is 1.14. The predicted octanol–water partition coefficient (Wildman–Crippen LogP) is 11.8. The SMILES string of the molecule is c1ccc(N(c2ccc3ccccc3c2)c2ccc3sc4cc(-n5c6ccccc6c6ccccc65)ccc4c3c2)cc1. The molecule has 9 aromatic rings. The van der Waals surface area contributed by atoms with Crippen LogP contribution in [0.25, 0.3) is 58.4 Å². The van der Waals surface area contributed by atoms with Crippen LogP contribution >= 0.6 is 11.3 Å². The molecule has 202 valence electrons. The maximum atomic E-state index is 2.40. The molecule has 0 aliphatic carbocycles. The molecule has 0 amide bonds. The molecule has 7 aromatic carbocycles. The Kier molecular flexibility index (Phi) is 5.40. The van der Waals surface area contributed by atoms with Gasteiger partial charge in [0.25, 0.3) is 0 Å². The fraction of sp³-hybridized carbons (Fsp3) is 0. The van der Waals surface area contributed by atoms with E-state index in [4.69, 9.17) is 0 Å². The third-order valence-corrected chi connectivity index (χ3v) is 9.67. The molecule has 0 fully saturated rings. The number of rotatable bonds is 4. The minimum Gasteiger partial charge on any atom is -0.310 e. The van der Waals surface area contributed by atoms with Crippen LogP contribution in [0.3, 0.4) is 0 Å². The Bertz CT molecular complexity index is 2410. The molecule has 2 nitrogen and oxygen atoms in total. The summed E-state index contributed by atoms with van der Waals surface area (Å²) in [6.07, 6.45) is 0. The van der Waals surface area contributed by atoms with Crippen molar-refractivity contribution < 1.29 is 0 Å². The van der Waals surface area contributed by atoms with Gasteiger partial charge in [-0.1, -0.05) is 91.0 Å². The van der Waals surface area contributed by atoms with Gasteiger partial charge in [-0.2, -0.15) is 0 Å². The molecular weight excluding hydrogens is 541 g/mol. The van der Waals surface area contributed by atoms with Crippen LogP contribution in [0.15, 0.2) is 158 Å². The van der Waals surface area contributed by atoms with Gasteiger partial charge in [-0.05, 0) is 77.5 Å². The zero-order chi connectivity index (χ0) is 28.3. The van der Waals surface area contributed by atoms with Crippen molar-refractivity contribution >= 4 is 81.1 Å². The summed E-state index contributed by atoms with van der Waals surface area (Å²) in [6.45, 7) is 0. The van der Waals surface area contributed by atoms with Gasteiger partial charge in [-0.3, -0.25) is 0 Å². The van der Waals surface area contributed by atoms with E-state index >= 15 is 0 Å². The Hall–Kier alpha value is -5.38. The normalized spacial score (nSPS) is 11.7. The quantitative estimate of drug-likeness (QED) is 0.206. The average molecular weight is 567 g/mol. The Balaban J connectivity index is 1.22. The van der Waals surface area contributed by atoms with Crippen LogP contribution in [0.4, 0.5) is 17.1 Å². The summed E-state index contributed by atoms with van der Waals surface area (Å²) >= 11 is 1.87. The molecular formula is C40H26N2S. The number of hydrogen-bond donors (Lipinski definition) is 0. The molecule has 0 radical (unpaired) electrons. The lowest BCUT2D eigenvalue weighted by Gasteiger charge is -2.26. The summed E-state index contributed by atoms with van der Waals surface area (Å²) in [6, 6.07) is 57.2. The van der Waals surface area contributed by atoms with E-state index in [1.807, 2.05) is 11.3 Å². The van der Waals surface area contributed by atoms with Crippen molar-refractivity contribution in [1.29, 1.82) is 0 Å². The summed E-state index contributed by atoms with van der Waals surface area (Å²) in [7, 11) is 0. The molecule has 0 saturated carbocycles. The Morgan fingerprint density at radius 1 is 0.395 bits per heavy atom. The fourth-order valence-electron chi connectivity index (χ4n) is 6.57. The van der Waals surface area contributed by atoms with E-state index in [1.165, 1.54) is 58.4 Å². The number of para-hydroxylation sites is 3. The number of nitrogens with zero attached hydrogens (tertiary/aromatic N) is 2. The van der Waals surface area contributed by atoms with Crippen LogP contribution in [0.1, 0.15) is 0 Å². The van der Waals surface area contributed by atoms with E-state index in [1.54, 1.807) is 0 Å². The van der Waals surface area contributed by atoms with Crippen molar-refractivity contribution in [2.75, 3.05) is 4.90 Å². The molecule has 2 aromatic heterocycles. The van der Waals surface area contributed by atoms with E-state index in [9.17, 15) is 0 Å². The maximum Gasteiger partial charge on any atom is 0.0541 e. The number of anilines is 3. The molecule has 0 unspecified atom stereocenters. The first kappa shape index (κ1) is 24.2. The van der Waals surface area contributed by atoms with E-state index in [0.29, 0.717) is 0 Å². The summed E-state index contributed by atoms with van der Waals surface area (Å²) < 4.78 is 4.99. The highest BCUT2D eigenvalue weighted by Crippen LogP contribution is 2.42. The maximum absolute atomic E-state index is 2.40. The van der Waals surface area contributed by atoms with Gasteiger partial charge in [-0.25, -0.2) is 0 Å². The van der Waals surface area contributed by atoms with Crippen LogP contribution < -0.4 is 4.90 Å². The van der Waals surface area contributed by atoms with Crippen LogP contribution in [0.5, 0.6) is 0 Å². The summed E-state index contributed by atoms with van der Waals surface area (Å²) in [5, 5.41) is 7.63. The first-order valence-electron chi connectivity index (χ1n) is 14.6. The number of hydrogen-bond acceptors (Lipinski definition) is 2. The van der Waals surface area contributed by atoms with Gasteiger partial charge in [0.05, 0.1) is 11.0 Å². The number of thiophene rings is 1. The molecule has 0 saturated heterocycles. The van der Waals surface area contributed by atoms with Gasteiger partial charge in [0.2, 0.25) is 0 Å². The van der Waals surface area contributed by atoms with Gasteiger partial charge in [0, 0.05) is 53.7 Å². The van der Waals surface area contributed by atoms with Gasteiger partial charge in [0.15, 0.2) is 0 Å². The highest BCUT2D eigenvalue weighted by Gasteiger charge is 2.17. The minimum absolute atomic E-state index is 1.14. The highest BCUT2D eigenvalue weighted by atomic mass is 32.1. The second kappa shape index (κ2) is 9.59. The first-order valence-corrected chi connectivity index (χ1v) is 15.4. The molecule has 43 heavy (non-hydrogen) atoms. The monoisotopic (exact) mass is 566 g/mol. The van der Waals surface area contributed by atoms with Crippen molar-refractivity contribution in [3.63, 3.8) is 0 Å². The second-order valence-electron chi connectivity index (χ2n) is 11.0. The van der Waals surface area contributed by atoms with Crippen molar-refractivity contribution in [3.8, 4) is 5.69 Å². The Morgan fingerprint density at radius 2 is 1.05 bits per heavy atom. The Morgan fingerprint density at radius 3 is 1.84 bits per heavy atom. The van der Waals surface area contributed by atoms with Crippen molar-refractivity contribution in [2.45, 2.75) is 0 Å². The summed E-state index contributed by atoms with van der Waals surface area (Å²) in [4.78, 5) is 2.36.